The summed E-state index contributed by atoms with van der Waals surface area (Å²) in [5.41, 5.74) is 6.79. The third-order valence-corrected chi connectivity index (χ3v) is 7.07. The molecule has 1 saturated heterocycles. The summed E-state index contributed by atoms with van der Waals surface area (Å²) in [6, 6.07) is 1.88. The van der Waals surface area contributed by atoms with E-state index in [1.165, 1.54) is 11.8 Å². The van der Waals surface area contributed by atoms with Gasteiger partial charge in [-0.25, -0.2) is 19.7 Å². The molecule has 0 aromatic carbocycles. The fraction of sp³-hybridized carbons (Fsp3) is 0.333. The van der Waals surface area contributed by atoms with Crippen LogP contribution in [0.25, 0.3) is 5.65 Å². The van der Waals surface area contributed by atoms with E-state index in [9.17, 15) is 4.79 Å². The third kappa shape index (κ3) is 3.12. The number of halogens is 1. The summed E-state index contributed by atoms with van der Waals surface area (Å²) in [6.45, 7) is 1.73. The minimum atomic E-state index is -0.952. The molecule has 0 bridgehead atoms. The number of anilines is 2. The van der Waals surface area contributed by atoms with Crippen molar-refractivity contribution < 1.29 is 9.90 Å². The normalized spacial score (nSPS) is 17.9. The summed E-state index contributed by atoms with van der Waals surface area (Å²) < 4.78 is 1.97. The van der Waals surface area contributed by atoms with Crippen molar-refractivity contribution in [1.29, 1.82) is 0 Å². The number of nitrogens with zero attached hydrogens (tertiary/aromatic N) is 5. The molecule has 1 aliphatic carbocycles. The Balaban J connectivity index is 1.34. The molecule has 4 N–H and O–H groups in total. The maximum atomic E-state index is 10.8. The quantitative estimate of drug-likeness (QED) is 0.576. The zero-order valence-electron chi connectivity index (χ0n) is 15.2. The number of nitrogens with two attached hydrogens (primary N) is 1. The maximum absolute atomic E-state index is 10.8. The molecule has 3 aromatic heterocycles. The van der Waals surface area contributed by atoms with Gasteiger partial charge in [-0.3, -0.25) is 4.40 Å². The standard InChI is InChI=1S/C18H18ClN7O2S/c19-13-11(1-2-21-14(13)20)29-12-7-23-16(26-4-3-22-15(12)26)25-8-18(9-25)5-10(6-18)24-17(27)28/h1-4,7,10,24H,5-6,8-9H2,(H2,20,21)(H,27,28). The number of nitrogen functional groups attached to an aromatic ring is 1. The van der Waals surface area contributed by atoms with Gasteiger partial charge in [-0.2, -0.15) is 0 Å². The smallest absolute Gasteiger partial charge is 0.404 e. The number of carbonyl (C=O) groups is 1. The van der Waals surface area contributed by atoms with Gasteiger partial charge in [0.1, 0.15) is 5.82 Å². The molecule has 4 heterocycles. The minimum Gasteiger partial charge on any atom is -0.465 e. The zero-order valence-corrected chi connectivity index (χ0v) is 16.8. The van der Waals surface area contributed by atoms with E-state index in [0.29, 0.717) is 10.8 Å². The summed E-state index contributed by atoms with van der Waals surface area (Å²) >= 11 is 7.72. The molecule has 0 unspecified atom stereocenters. The number of pyridine rings is 1. The highest BCUT2D eigenvalue weighted by Gasteiger charge is 2.53. The molecule has 5 rings (SSSR count). The van der Waals surface area contributed by atoms with Crippen molar-refractivity contribution >= 4 is 46.9 Å². The SMILES string of the molecule is Nc1nccc(Sc2cnc(N3CC4(CC(NC(=O)O)C4)C3)n3ccnc23)c1Cl. The summed E-state index contributed by atoms with van der Waals surface area (Å²) in [5, 5.41) is 11.8. The van der Waals surface area contributed by atoms with Crippen molar-refractivity contribution in [2.45, 2.75) is 28.7 Å². The fourth-order valence-corrected chi connectivity index (χ4v) is 5.39. The Morgan fingerprint density at radius 1 is 1.28 bits per heavy atom. The highest BCUT2D eigenvalue weighted by molar-refractivity contribution is 7.99. The molecule has 3 aromatic rings. The van der Waals surface area contributed by atoms with Gasteiger partial charge >= 0.3 is 6.09 Å². The molecule has 9 nitrogen and oxygen atoms in total. The van der Waals surface area contributed by atoms with Gasteiger partial charge in [-0.05, 0) is 18.9 Å². The third-order valence-electron chi connectivity index (χ3n) is 5.50. The number of amides is 1. The van der Waals surface area contributed by atoms with Gasteiger partial charge in [0.25, 0.3) is 0 Å². The lowest BCUT2D eigenvalue weighted by Crippen LogP contribution is -2.67. The predicted octanol–water partition coefficient (Wildman–Crippen LogP) is 2.75. The first-order valence-corrected chi connectivity index (χ1v) is 10.3. The molecule has 11 heteroatoms. The van der Waals surface area contributed by atoms with Crippen LogP contribution in [0.4, 0.5) is 16.6 Å². The van der Waals surface area contributed by atoms with Crippen molar-refractivity contribution in [2.75, 3.05) is 23.7 Å². The van der Waals surface area contributed by atoms with Crippen LogP contribution < -0.4 is 16.0 Å². The second-order valence-corrected chi connectivity index (χ2v) is 9.03. The Kier molecular flexibility index (Phi) is 4.21. The molecule has 1 spiro atoms. The molecule has 0 atom stereocenters. The second kappa shape index (κ2) is 6.67. The van der Waals surface area contributed by atoms with E-state index in [-0.39, 0.29) is 11.5 Å². The topological polar surface area (TPSA) is 122 Å². The molecule has 1 saturated carbocycles. The van der Waals surface area contributed by atoms with Crippen molar-refractivity contribution in [3.05, 3.63) is 35.9 Å². The highest BCUT2D eigenvalue weighted by atomic mass is 35.5. The lowest BCUT2D eigenvalue weighted by molar-refractivity contribution is 0.0475. The summed E-state index contributed by atoms with van der Waals surface area (Å²) in [5.74, 6) is 1.13. The van der Waals surface area contributed by atoms with Crippen molar-refractivity contribution in [3.8, 4) is 0 Å². The first kappa shape index (κ1) is 18.3. The van der Waals surface area contributed by atoms with E-state index in [1.807, 2.05) is 16.7 Å². The Morgan fingerprint density at radius 3 is 2.83 bits per heavy atom. The van der Waals surface area contributed by atoms with Crippen LogP contribution >= 0.6 is 23.4 Å². The number of aromatic nitrogens is 4. The molecule has 150 valence electrons. The number of hydrogen-bond donors (Lipinski definition) is 3. The maximum Gasteiger partial charge on any atom is 0.404 e. The Hall–Kier alpha value is -2.72. The molecular weight excluding hydrogens is 414 g/mol. The minimum absolute atomic E-state index is 0.0622. The number of hydrogen-bond acceptors (Lipinski definition) is 7. The van der Waals surface area contributed by atoms with Crippen LogP contribution in [0.15, 0.2) is 40.6 Å². The predicted molar refractivity (Wildman–Crippen MR) is 110 cm³/mol. The van der Waals surface area contributed by atoms with Crippen LogP contribution in [0.5, 0.6) is 0 Å². The summed E-state index contributed by atoms with van der Waals surface area (Å²) in [6.07, 6.45) is 7.86. The highest BCUT2D eigenvalue weighted by Crippen LogP contribution is 2.49. The lowest BCUT2D eigenvalue weighted by atomic mass is 9.61. The number of nitrogens with one attached hydrogen (secondary N) is 1. The first-order chi connectivity index (χ1) is 13.9. The van der Waals surface area contributed by atoms with E-state index < -0.39 is 6.09 Å². The lowest BCUT2D eigenvalue weighted by Gasteiger charge is -2.59. The van der Waals surface area contributed by atoms with Gasteiger partial charge in [-0.15, -0.1) is 0 Å². The summed E-state index contributed by atoms with van der Waals surface area (Å²) in [7, 11) is 0. The van der Waals surface area contributed by atoms with Crippen LogP contribution in [0.1, 0.15) is 12.8 Å². The largest absolute Gasteiger partial charge is 0.465 e. The van der Waals surface area contributed by atoms with Gasteiger partial charge in [0.05, 0.1) is 9.92 Å². The average Bonchev–Trinajstić information content (AvgIpc) is 3.10. The van der Waals surface area contributed by atoms with E-state index in [2.05, 4.69) is 25.2 Å². The second-order valence-electron chi connectivity index (χ2n) is 7.56. The molecule has 29 heavy (non-hydrogen) atoms. The zero-order chi connectivity index (χ0) is 20.2. The summed E-state index contributed by atoms with van der Waals surface area (Å²) in [4.78, 5) is 27.8. The average molecular weight is 432 g/mol. The van der Waals surface area contributed by atoms with Crippen LogP contribution in [0.3, 0.4) is 0 Å². The van der Waals surface area contributed by atoms with Crippen molar-refractivity contribution in [1.82, 2.24) is 24.7 Å². The Bertz CT molecular complexity index is 1110. The monoisotopic (exact) mass is 431 g/mol. The van der Waals surface area contributed by atoms with E-state index in [1.54, 1.807) is 18.6 Å². The molecule has 2 fully saturated rings. The first-order valence-electron chi connectivity index (χ1n) is 9.08. The van der Waals surface area contributed by atoms with Crippen LogP contribution in [-0.4, -0.2) is 49.7 Å². The van der Waals surface area contributed by atoms with Crippen molar-refractivity contribution in [2.24, 2.45) is 5.41 Å². The molecule has 1 amide bonds. The number of imidazole rings is 1. The van der Waals surface area contributed by atoms with Crippen LogP contribution in [-0.2, 0) is 0 Å². The number of rotatable bonds is 4. The number of fused-ring (bicyclic) bond motifs is 1. The van der Waals surface area contributed by atoms with Gasteiger partial charge in [0, 0.05) is 54.2 Å². The molecular formula is C18H18ClN7O2S. The van der Waals surface area contributed by atoms with Gasteiger partial charge in [0.15, 0.2) is 5.65 Å². The number of carboxylic acid groups (broad SMARTS) is 1. The van der Waals surface area contributed by atoms with E-state index in [0.717, 1.165) is 47.3 Å². The Morgan fingerprint density at radius 2 is 2.07 bits per heavy atom. The van der Waals surface area contributed by atoms with Gasteiger partial charge in [0.2, 0.25) is 5.95 Å². The van der Waals surface area contributed by atoms with Gasteiger partial charge < -0.3 is 21.1 Å². The fourth-order valence-electron chi connectivity index (χ4n) is 4.25. The van der Waals surface area contributed by atoms with Crippen molar-refractivity contribution in [3.63, 3.8) is 0 Å². The van der Waals surface area contributed by atoms with E-state index in [4.69, 9.17) is 22.4 Å². The van der Waals surface area contributed by atoms with Crippen LogP contribution in [0.2, 0.25) is 5.02 Å². The Labute approximate surface area is 175 Å². The van der Waals surface area contributed by atoms with Crippen LogP contribution in [0, 0.1) is 5.41 Å². The van der Waals surface area contributed by atoms with Gasteiger partial charge in [-0.1, -0.05) is 23.4 Å². The molecule has 1 aliphatic heterocycles. The van der Waals surface area contributed by atoms with E-state index >= 15 is 0 Å². The molecule has 2 aliphatic rings. The molecule has 0 radical (unpaired) electrons.